The molecule has 1 N–H and O–H groups in total. The Labute approximate surface area is 246 Å². The Bertz CT molecular complexity index is 1430. The molecule has 0 aliphatic rings. The zero-order chi connectivity index (χ0) is 25.7. The first-order valence-corrected chi connectivity index (χ1v) is 15.3. The molecule has 5 aromatic rings. The number of aromatic nitrogens is 2. The minimum absolute atomic E-state index is 0. The van der Waals surface area contributed by atoms with Crippen LogP contribution in [0.15, 0.2) is 125 Å². The first-order valence-electron chi connectivity index (χ1n) is 12.5. The summed E-state index contributed by atoms with van der Waals surface area (Å²) in [6.07, 6.45) is 0.992. The molecular weight excluding hydrogens is 618 g/mol. The molecule has 4 aromatic carbocycles. The number of H-pyrrole nitrogens is 1. The molecule has 0 aliphatic carbocycles. The van der Waals surface area contributed by atoms with Crippen LogP contribution in [-0.4, -0.2) is 15.7 Å². The molecule has 5 rings (SSSR count). The summed E-state index contributed by atoms with van der Waals surface area (Å²) in [5.74, 6) is 1.49. The molecular formula is C32H31IN2OPS+. The Balaban J connectivity index is 0.00000336. The normalized spacial score (nSPS) is 11.1. The standard InChI is InChI=1S/C32H29N2OPS.HI/c1-3-23-37-32-29(31(35)33-30(34-32)25-21-19-24(2)20-22-25)36(26-13-7-4-8-14-26,27-15-9-5-10-16-27)28-17-11-6-12-18-28;/h4-22H,3,23H2,1-2H3;1H/p+1. The number of rotatable bonds is 8. The lowest BCUT2D eigenvalue weighted by molar-refractivity contribution is 1.04. The third-order valence-electron chi connectivity index (χ3n) is 6.40. The maximum absolute atomic E-state index is 14.3. The van der Waals surface area contributed by atoms with Crippen LogP contribution in [0.1, 0.15) is 18.9 Å². The lowest BCUT2D eigenvalue weighted by Crippen LogP contribution is -2.46. The van der Waals surface area contributed by atoms with Gasteiger partial charge >= 0.3 is 0 Å². The molecule has 0 aliphatic heterocycles. The maximum Gasteiger partial charge on any atom is 0.296 e. The Morgan fingerprint density at radius 1 is 0.737 bits per heavy atom. The molecule has 3 nitrogen and oxygen atoms in total. The van der Waals surface area contributed by atoms with E-state index in [1.807, 2.05) is 30.3 Å². The molecule has 1 heterocycles. The molecule has 0 spiro atoms. The van der Waals surface area contributed by atoms with Crippen LogP contribution in [0.3, 0.4) is 0 Å². The van der Waals surface area contributed by atoms with Gasteiger partial charge in [0, 0.05) is 5.56 Å². The number of hydrogen-bond acceptors (Lipinski definition) is 3. The van der Waals surface area contributed by atoms with Gasteiger partial charge in [-0.1, -0.05) is 91.3 Å². The molecule has 0 amide bonds. The summed E-state index contributed by atoms with van der Waals surface area (Å²) in [5, 5.41) is 5.00. The molecule has 0 saturated heterocycles. The average Bonchev–Trinajstić information content (AvgIpc) is 2.95. The number of benzene rings is 4. The highest BCUT2D eigenvalue weighted by Gasteiger charge is 2.52. The van der Waals surface area contributed by atoms with Gasteiger partial charge in [0.05, 0.1) is 0 Å². The molecule has 0 bridgehead atoms. The van der Waals surface area contributed by atoms with Crippen LogP contribution in [0.25, 0.3) is 11.4 Å². The molecule has 38 heavy (non-hydrogen) atoms. The number of halogens is 1. The highest BCUT2D eigenvalue weighted by atomic mass is 127. The van der Waals surface area contributed by atoms with Crippen LogP contribution in [0.2, 0.25) is 0 Å². The summed E-state index contributed by atoms with van der Waals surface area (Å²) in [7, 11) is -2.57. The quantitative estimate of drug-likeness (QED) is 0.0906. The van der Waals surface area contributed by atoms with Gasteiger partial charge in [-0.25, -0.2) is 4.98 Å². The van der Waals surface area contributed by atoms with Crippen molar-refractivity contribution in [2.45, 2.75) is 25.3 Å². The molecule has 0 saturated carbocycles. The maximum atomic E-state index is 14.3. The number of nitrogens with one attached hydrogen (secondary N) is 1. The van der Waals surface area contributed by atoms with Crippen molar-refractivity contribution in [3.63, 3.8) is 0 Å². The van der Waals surface area contributed by atoms with Crippen LogP contribution in [-0.2, 0) is 0 Å². The molecule has 0 radical (unpaired) electrons. The topological polar surface area (TPSA) is 45.8 Å². The van der Waals surface area contributed by atoms with Gasteiger partial charge in [0.15, 0.2) is 7.26 Å². The van der Waals surface area contributed by atoms with Gasteiger partial charge in [-0.2, -0.15) is 0 Å². The van der Waals surface area contributed by atoms with Crippen molar-refractivity contribution in [2.24, 2.45) is 0 Å². The van der Waals surface area contributed by atoms with E-state index < -0.39 is 7.26 Å². The van der Waals surface area contributed by atoms with E-state index in [2.05, 4.69) is 104 Å². The van der Waals surface area contributed by atoms with E-state index in [0.29, 0.717) is 5.82 Å². The lowest BCUT2D eigenvalue weighted by atomic mass is 10.1. The van der Waals surface area contributed by atoms with E-state index >= 15 is 0 Å². The molecule has 0 atom stereocenters. The largest absolute Gasteiger partial charge is 0.303 e. The fraction of sp³-hybridized carbons (Fsp3) is 0.125. The Morgan fingerprint density at radius 2 is 1.21 bits per heavy atom. The third-order valence-corrected chi connectivity index (χ3v) is 12.0. The van der Waals surface area contributed by atoms with Crippen LogP contribution < -0.4 is 26.8 Å². The van der Waals surface area contributed by atoms with Gasteiger partial charge in [-0.3, -0.25) is 4.79 Å². The molecule has 0 fully saturated rings. The van der Waals surface area contributed by atoms with Gasteiger partial charge in [0.2, 0.25) is 5.30 Å². The minimum atomic E-state index is -2.57. The second kappa shape index (κ2) is 12.9. The third kappa shape index (κ3) is 5.51. The summed E-state index contributed by atoms with van der Waals surface area (Å²) in [6.45, 7) is 4.22. The number of aromatic amines is 1. The number of nitrogens with zero attached hydrogens (tertiary/aromatic N) is 1. The SMILES string of the molecule is CCCSc1nc(-c2ccc(C)cc2)[nH]c(=O)c1[P+](c1ccccc1)(c1ccccc1)c1ccccc1.I. The number of hydrogen-bond donors (Lipinski definition) is 1. The summed E-state index contributed by atoms with van der Waals surface area (Å²) in [6, 6.07) is 39.6. The fourth-order valence-corrected chi connectivity index (χ4v) is 10.3. The van der Waals surface area contributed by atoms with E-state index in [4.69, 9.17) is 4.98 Å². The molecule has 6 heteroatoms. The van der Waals surface area contributed by atoms with Crippen LogP contribution >= 0.6 is 43.0 Å². The van der Waals surface area contributed by atoms with E-state index in [1.54, 1.807) is 11.8 Å². The van der Waals surface area contributed by atoms with Crippen LogP contribution in [0, 0.1) is 6.92 Å². The number of thioether (sulfide) groups is 1. The predicted octanol–water partition coefficient (Wildman–Crippen LogP) is 6.48. The van der Waals surface area contributed by atoms with Gasteiger partial charge in [0.25, 0.3) is 5.56 Å². The lowest BCUT2D eigenvalue weighted by Gasteiger charge is -2.28. The highest BCUT2D eigenvalue weighted by molar-refractivity contribution is 14.0. The fourth-order valence-electron chi connectivity index (χ4n) is 4.68. The van der Waals surface area contributed by atoms with Crippen molar-refractivity contribution in [3.8, 4) is 11.4 Å². The van der Waals surface area contributed by atoms with E-state index in [0.717, 1.165) is 44.0 Å². The first kappa shape index (κ1) is 28.3. The van der Waals surface area contributed by atoms with E-state index in [1.165, 1.54) is 5.56 Å². The number of aryl methyl sites for hydroxylation is 1. The van der Waals surface area contributed by atoms with Crippen LogP contribution in [0.5, 0.6) is 0 Å². The Hall–Kier alpha value is -2.73. The van der Waals surface area contributed by atoms with Crippen molar-refractivity contribution >= 4 is 64.2 Å². The Kier molecular flexibility index (Phi) is 9.59. The predicted molar refractivity (Wildman–Crippen MR) is 176 cm³/mol. The van der Waals surface area contributed by atoms with Gasteiger partial charge < -0.3 is 4.98 Å². The van der Waals surface area contributed by atoms with Crippen molar-refractivity contribution < 1.29 is 0 Å². The van der Waals surface area contributed by atoms with Crippen molar-refractivity contribution in [1.29, 1.82) is 0 Å². The van der Waals surface area contributed by atoms with Gasteiger partial charge in [-0.15, -0.1) is 35.7 Å². The van der Waals surface area contributed by atoms with Gasteiger partial charge in [-0.05, 0) is 55.5 Å². The zero-order valence-corrected chi connectivity index (χ0v) is 25.5. The van der Waals surface area contributed by atoms with Crippen molar-refractivity contribution in [2.75, 3.05) is 5.75 Å². The van der Waals surface area contributed by atoms with E-state index in [-0.39, 0.29) is 29.5 Å². The summed E-state index contributed by atoms with van der Waals surface area (Å²) in [4.78, 5) is 22.7. The first-order chi connectivity index (χ1) is 18.1. The molecule has 0 unspecified atom stereocenters. The van der Waals surface area contributed by atoms with Crippen molar-refractivity contribution in [3.05, 3.63) is 131 Å². The Morgan fingerprint density at radius 3 is 1.66 bits per heavy atom. The van der Waals surface area contributed by atoms with Crippen molar-refractivity contribution in [1.82, 2.24) is 9.97 Å². The minimum Gasteiger partial charge on any atom is -0.303 e. The van der Waals surface area contributed by atoms with Gasteiger partial charge in [0.1, 0.15) is 26.8 Å². The molecule has 1 aromatic heterocycles. The molecule has 192 valence electrons. The van der Waals surface area contributed by atoms with E-state index in [9.17, 15) is 4.79 Å². The highest BCUT2D eigenvalue weighted by Crippen LogP contribution is 2.54. The summed E-state index contributed by atoms with van der Waals surface area (Å²) in [5.41, 5.74) is 2.01. The summed E-state index contributed by atoms with van der Waals surface area (Å²) >= 11 is 1.68. The average molecular weight is 650 g/mol. The smallest absolute Gasteiger partial charge is 0.296 e. The second-order valence-corrected chi connectivity index (χ2v) is 13.4. The summed E-state index contributed by atoms with van der Waals surface area (Å²) < 4.78 is 0. The monoisotopic (exact) mass is 649 g/mol. The second-order valence-electron chi connectivity index (χ2n) is 8.96. The zero-order valence-electron chi connectivity index (χ0n) is 21.5. The van der Waals surface area contributed by atoms with Crippen LogP contribution in [0.4, 0.5) is 0 Å².